The van der Waals surface area contributed by atoms with Crippen LogP contribution in [0.4, 0.5) is 5.95 Å². The number of para-hydroxylation sites is 2. The van der Waals surface area contributed by atoms with Gasteiger partial charge in [0.1, 0.15) is 0 Å². The summed E-state index contributed by atoms with van der Waals surface area (Å²) >= 11 is 5.36. The first-order chi connectivity index (χ1) is 10.8. The van der Waals surface area contributed by atoms with Gasteiger partial charge in [-0.15, -0.1) is 0 Å². The summed E-state index contributed by atoms with van der Waals surface area (Å²) in [5.41, 5.74) is 3.03. The fourth-order valence-electron chi connectivity index (χ4n) is 2.60. The number of hydrogen-bond acceptors (Lipinski definition) is 3. The van der Waals surface area contributed by atoms with Crippen molar-refractivity contribution < 1.29 is 0 Å². The van der Waals surface area contributed by atoms with Crippen LogP contribution in [0, 0.1) is 0 Å². The highest BCUT2D eigenvalue weighted by Crippen LogP contribution is 2.39. The largest absolute Gasteiger partial charge is 0.359 e. The molecule has 2 aromatic heterocycles. The van der Waals surface area contributed by atoms with E-state index in [9.17, 15) is 0 Å². The smallest absolute Gasteiger partial charge is 0.207 e. The number of nitrogens with zero attached hydrogens (tertiary/aromatic N) is 2. The topological polar surface area (TPSA) is 65.6 Å². The molecule has 1 saturated carbocycles. The second kappa shape index (κ2) is 5.38. The minimum Gasteiger partial charge on any atom is -0.359 e. The lowest BCUT2D eigenvalue weighted by Gasteiger charge is -2.07. The lowest BCUT2D eigenvalue weighted by molar-refractivity contribution is 0.858. The number of benzene rings is 1. The number of nitrogens with one attached hydrogen (secondary N) is 3. The number of pyridine rings is 1. The van der Waals surface area contributed by atoms with Crippen LogP contribution >= 0.6 is 12.2 Å². The summed E-state index contributed by atoms with van der Waals surface area (Å²) in [6.45, 7) is 0. The molecule has 22 heavy (non-hydrogen) atoms. The van der Waals surface area contributed by atoms with Crippen LogP contribution in [0.1, 0.15) is 18.0 Å². The van der Waals surface area contributed by atoms with Crippen molar-refractivity contribution >= 4 is 34.3 Å². The van der Waals surface area contributed by atoms with Crippen LogP contribution in [-0.4, -0.2) is 26.1 Å². The quantitative estimate of drug-likeness (QED) is 0.649. The molecular weight excluding hydrogens is 294 g/mol. The van der Waals surface area contributed by atoms with E-state index >= 15 is 0 Å². The minimum absolute atomic E-state index is 0.347. The van der Waals surface area contributed by atoms with E-state index in [1.54, 1.807) is 0 Å². The Morgan fingerprint density at radius 2 is 2.05 bits per heavy atom. The fraction of sp³-hybridized carbons (Fsp3) is 0.188. The van der Waals surface area contributed by atoms with Gasteiger partial charge in [0.05, 0.1) is 11.0 Å². The molecule has 1 aromatic carbocycles. The van der Waals surface area contributed by atoms with Gasteiger partial charge in [0, 0.05) is 23.9 Å². The van der Waals surface area contributed by atoms with E-state index in [0.29, 0.717) is 23.0 Å². The van der Waals surface area contributed by atoms with Crippen molar-refractivity contribution in [1.29, 1.82) is 0 Å². The van der Waals surface area contributed by atoms with Gasteiger partial charge in [0.2, 0.25) is 5.95 Å². The molecule has 110 valence electrons. The summed E-state index contributed by atoms with van der Waals surface area (Å²) in [6.07, 6.45) is 2.88. The van der Waals surface area contributed by atoms with Gasteiger partial charge in [0.15, 0.2) is 5.11 Å². The maximum Gasteiger partial charge on any atom is 0.207 e. The second-order valence-electron chi connectivity index (χ2n) is 5.40. The highest BCUT2D eigenvalue weighted by molar-refractivity contribution is 7.80. The van der Waals surface area contributed by atoms with Crippen LogP contribution in [0.3, 0.4) is 0 Å². The zero-order chi connectivity index (χ0) is 14.9. The molecule has 6 heteroatoms. The third-order valence-electron chi connectivity index (χ3n) is 3.80. The SMILES string of the molecule is S=C(Nc1nc2ccccc2[nH]1)NC1CC1c1ccccn1. The number of hydrogen-bond donors (Lipinski definition) is 3. The highest BCUT2D eigenvalue weighted by Gasteiger charge is 2.39. The highest BCUT2D eigenvalue weighted by atomic mass is 32.1. The second-order valence-corrected chi connectivity index (χ2v) is 5.81. The molecule has 3 aromatic rings. The van der Waals surface area contributed by atoms with Crippen molar-refractivity contribution in [3.63, 3.8) is 0 Å². The standard InChI is InChI=1S/C16H15N5S/c22-16(20-14-9-10(14)11-5-3-4-8-17-11)21-15-18-12-6-1-2-7-13(12)19-15/h1-8,10,14H,9H2,(H3,18,19,20,21,22). The Hall–Kier alpha value is -2.47. The first kappa shape index (κ1) is 13.2. The van der Waals surface area contributed by atoms with Crippen LogP contribution in [0.15, 0.2) is 48.7 Å². The fourth-order valence-corrected chi connectivity index (χ4v) is 2.85. The van der Waals surface area contributed by atoms with Gasteiger partial charge in [0.25, 0.3) is 0 Å². The molecule has 2 atom stereocenters. The van der Waals surface area contributed by atoms with E-state index in [4.69, 9.17) is 12.2 Å². The molecular formula is C16H15N5S. The van der Waals surface area contributed by atoms with Crippen LogP contribution < -0.4 is 10.6 Å². The van der Waals surface area contributed by atoms with Crippen molar-refractivity contribution in [3.8, 4) is 0 Å². The molecule has 0 spiro atoms. The normalized spacial score (nSPS) is 19.8. The third-order valence-corrected chi connectivity index (χ3v) is 4.02. The predicted molar refractivity (Wildman–Crippen MR) is 90.8 cm³/mol. The summed E-state index contributed by atoms with van der Waals surface area (Å²) in [6, 6.07) is 14.2. The van der Waals surface area contributed by atoms with E-state index in [0.717, 1.165) is 23.1 Å². The summed E-state index contributed by atoms with van der Waals surface area (Å²) in [5.74, 6) is 1.10. The molecule has 0 bridgehead atoms. The third kappa shape index (κ3) is 2.65. The summed E-state index contributed by atoms with van der Waals surface area (Å²) in [7, 11) is 0. The van der Waals surface area contributed by atoms with Crippen LogP contribution in [0.25, 0.3) is 11.0 Å². The zero-order valence-electron chi connectivity index (χ0n) is 11.8. The average molecular weight is 309 g/mol. The van der Waals surface area contributed by atoms with Gasteiger partial charge in [-0.05, 0) is 42.9 Å². The van der Waals surface area contributed by atoms with Crippen LogP contribution in [-0.2, 0) is 0 Å². The first-order valence-corrected chi connectivity index (χ1v) is 7.63. The summed E-state index contributed by atoms with van der Waals surface area (Å²) in [5, 5.41) is 7.01. The number of imidazole rings is 1. The van der Waals surface area contributed by atoms with E-state index in [1.165, 1.54) is 0 Å². The first-order valence-electron chi connectivity index (χ1n) is 7.23. The van der Waals surface area contributed by atoms with Gasteiger partial charge in [-0.25, -0.2) is 4.98 Å². The number of rotatable bonds is 3. The molecule has 0 radical (unpaired) electrons. The molecule has 5 nitrogen and oxygen atoms in total. The van der Waals surface area contributed by atoms with E-state index < -0.39 is 0 Å². The molecule has 1 aliphatic carbocycles. The molecule has 0 amide bonds. The Balaban J connectivity index is 1.37. The summed E-state index contributed by atoms with van der Waals surface area (Å²) in [4.78, 5) is 12.0. The number of aromatic amines is 1. The van der Waals surface area contributed by atoms with Crippen molar-refractivity contribution in [2.45, 2.75) is 18.4 Å². The van der Waals surface area contributed by atoms with Crippen molar-refractivity contribution in [3.05, 3.63) is 54.4 Å². The molecule has 2 unspecified atom stereocenters. The average Bonchev–Trinajstić information content (AvgIpc) is 3.17. The van der Waals surface area contributed by atoms with Crippen molar-refractivity contribution in [1.82, 2.24) is 20.3 Å². The molecule has 0 saturated heterocycles. The minimum atomic E-state index is 0.347. The Kier molecular flexibility index (Phi) is 3.23. The van der Waals surface area contributed by atoms with Gasteiger partial charge < -0.3 is 15.6 Å². The number of fused-ring (bicyclic) bond motifs is 1. The molecule has 1 fully saturated rings. The van der Waals surface area contributed by atoms with Crippen LogP contribution in [0.5, 0.6) is 0 Å². The van der Waals surface area contributed by atoms with Gasteiger partial charge in [-0.2, -0.15) is 0 Å². The van der Waals surface area contributed by atoms with Crippen molar-refractivity contribution in [2.24, 2.45) is 0 Å². The molecule has 2 heterocycles. The lowest BCUT2D eigenvalue weighted by Crippen LogP contribution is -2.31. The zero-order valence-corrected chi connectivity index (χ0v) is 12.6. The Bertz CT molecular complexity index is 781. The monoisotopic (exact) mass is 309 g/mol. The Labute approximate surface area is 133 Å². The summed E-state index contributed by atoms with van der Waals surface area (Å²) < 4.78 is 0. The number of aromatic nitrogens is 3. The van der Waals surface area contributed by atoms with E-state index in [1.807, 2.05) is 42.6 Å². The predicted octanol–water partition coefficient (Wildman–Crippen LogP) is 2.80. The van der Waals surface area contributed by atoms with E-state index in [2.05, 4.69) is 31.7 Å². The number of H-pyrrole nitrogens is 1. The van der Waals surface area contributed by atoms with Gasteiger partial charge in [-0.1, -0.05) is 18.2 Å². The lowest BCUT2D eigenvalue weighted by atomic mass is 10.2. The Morgan fingerprint density at radius 3 is 2.86 bits per heavy atom. The van der Waals surface area contributed by atoms with Crippen molar-refractivity contribution in [2.75, 3.05) is 5.32 Å². The molecule has 4 rings (SSSR count). The Morgan fingerprint density at radius 1 is 1.18 bits per heavy atom. The van der Waals surface area contributed by atoms with E-state index in [-0.39, 0.29) is 0 Å². The number of anilines is 1. The van der Waals surface area contributed by atoms with Gasteiger partial charge >= 0.3 is 0 Å². The molecule has 0 aliphatic heterocycles. The van der Waals surface area contributed by atoms with Gasteiger partial charge in [-0.3, -0.25) is 4.98 Å². The maximum absolute atomic E-state index is 5.36. The van der Waals surface area contributed by atoms with Crippen LogP contribution in [0.2, 0.25) is 0 Å². The maximum atomic E-state index is 5.36. The number of thiocarbonyl (C=S) groups is 1. The molecule has 1 aliphatic rings. The molecule has 3 N–H and O–H groups in total.